The van der Waals surface area contributed by atoms with E-state index in [0.717, 1.165) is 24.5 Å². The number of hydrogen-bond donors (Lipinski definition) is 2. The number of amides is 1. The van der Waals surface area contributed by atoms with E-state index in [2.05, 4.69) is 32.0 Å². The van der Waals surface area contributed by atoms with Crippen molar-refractivity contribution in [3.05, 3.63) is 46.6 Å². The van der Waals surface area contributed by atoms with E-state index in [1.54, 1.807) is 4.90 Å². The Kier molecular flexibility index (Phi) is 3.30. The lowest BCUT2D eigenvalue weighted by Gasteiger charge is -2.37. The largest absolute Gasteiger partial charge is 0.368 e. The molecule has 8 heteroatoms. The summed E-state index contributed by atoms with van der Waals surface area (Å²) in [4.78, 5) is 35.3. The van der Waals surface area contributed by atoms with Gasteiger partial charge in [-0.25, -0.2) is 4.98 Å². The Morgan fingerprint density at radius 2 is 2.00 bits per heavy atom. The van der Waals surface area contributed by atoms with Crippen LogP contribution < -0.4 is 15.4 Å². The third-order valence-corrected chi connectivity index (χ3v) is 4.29. The van der Waals surface area contributed by atoms with Crippen LogP contribution in [0.5, 0.6) is 0 Å². The van der Waals surface area contributed by atoms with Crippen LogP contribution in [-0.4, -0.2) is 45.7 Å². The average molecular weight is 324 g/mol. The highest BCUT2D eigenvalue weighted by molar-refractivity contribution is 6.12. The maximum atomic E-state index is 13.0. The number of hydrogen-bond acceptors (Lipinski definition) is 5. The highest BCUT2D eigenvalue weighted by Gasteiger charge is 2.29. The van der Waals surface area contributed by atoms with Gasteiger partial charge >= 0.3 is 0 Å². The zero-order valence-corrected chi connectivity index (χ0v) is 13.1. The van der Waals surface area contributed by atoms with Crippen LogP contribution in [0.4, 0.5) is 11.4 Å². The Hall–Kier alpha value is -3.16. The monoisotopic (exact) mass is 324 g/mol. The first-order valence-electron chi connectivity index (χ1n) is 7.78. The normalized spacial score (nSPS) is 14.0. The molecule has 2 aromatic heterocycles. The maximum Gasteiger partial charge on any atom is 0.279 e. The molecular formula is C16H16N6O2. The third kappa shape index (κ3) is 2.07. The van der Waals surface area contributed by atoms with Crippen molar-refractivity contribution in [1.29, 1.82) is 0 Å². The van der Waals surface area contributed by atoms with E-state index in [9.17, 15) is 9.59 Å². The number of aromatic amines is 2. The molecule has 0 atom stereocenters. The van der Waals surface area contributed by atoms with Gasteiger partial charge in [-0.2, -0.15) is 5.10 Å². The second-order valence-electron chi connectivity index (χ2n) is 5.55. The lowest BCUT2D eigenvalue weighted by molar-refractivity contribution is 0.0983. The molecule has 3 aromatic rings. The van der Waals surface area contributed by atoms with Crippen LogP contribution >= 0.6 is 0 Å². The fourth-order valence-corrected chi connectivity index (χ4v) is 3.09. The Labute approximate surface area is 137 Å². The number of anilines is 2. The second kappa shape index (κ2) is 5.48. The van der Waals surface area contributed by atoms with E-state index in [-0.39, 0.29) is 22.7 Å². The number of para-hydroxylation sites is 2. The van der Waals surface area contributed by atoms with Crippen LogP contribution in [0, 0.1) is 0 Å². The zero-order chi connectivity index (χ0) is 16.7. The lowest BCUT2D eigenvalue weighted by atomic mass is 10.1. The summed E-state index contributed by atoms with van der Waals surface area (Å²) in [5, 5.41) is 6.60. The van der Waals surface area contributed by atoms with Gasteiger partial charge < -0.3 is 14.8 Å². The number of likely N-dealkylation sites (N-methyl/N-ethyl adjacent to an activating group) is 1. The summed E-state index contributed by atoms with van der Waals surface area (Å²) in [6, 6.07) is 7.80. The number of nitrogens with zero attached hydrogens (tertiary/aromatic N) is 4. The molecule has 0 radical (unpaired) electrons. The molecule has 4 rings (SSSR count). The van der Waals surface area contributed by atoms with E-state index in [4.69, 9.17) is 0 Å². The molecule has 3 heterocycles. The summed E-state index contributed by atoms with van der Waals surface area (Å²) in [7, 11) is 0. The van der Waals surface area contributed by atoms with Gasteiger partial charge in [-0.3, -0.25) is 14.7 Å². The minimum atomic E-state index is -0.369. The quantitative estimate of drug-likeness (QED) is 0.736. The molecule has 2 N–H and O–H groups in total. The van der Waals surface area contributed by atoms with Crippen LogP contribution in [-0.2, 0) is 0 Å². The number of benzene rings is 1. The average Bonchev–Trinajstić information content (AvgIpc) is 3.05. The van der Waals surface area contributed by atoms with Crippen molar-refractivity contribution in [1.82, 2.24) is 20.2 Å². The molecule has 8 nitrogen and oxygen atoms in total. The summed E-state index contributed by atoms with van der Waals surface area (Å²) >= 11 is 0. The van der Waals surface area contributed by atoms with E-state index in [0.29, 0.717) is 12.1 Å². The first kappa shape index (κ1) is 14.4. The fourth-order valence-electron chi connectivity index (χ4n) is 3.09. The number of rotatable bonds is 2. The summed E-state index contributed by atoms with van der Waals surface area (Å²) in [6.07, 6.45) is 1.28. The van der Waals surface area contributed by atoms with Gasteiger partial charge in [0.05, 0.1) is 17.7 Å². The van der Waals surface area contributed by atoms with Gasteiger partial charge in [0.2, 0.25) is 0 Å². The number of H-pyrrole nitrogens is 2. The highest BCUT2D eigenvalue weighted by Crippen LogP contribution is 2.33. The third-order valence-electron chi connectivity index (χ3n) is 4.29. The van der Waals surface area contributed by atoms with Crippen molar-refractivity contribution in [2.45, 2.75) is 6.92 Å². The van der Waals surface area contributed by atoms with E-state index < -0.39 is 0 Å². The summed E-state index contributed by atoms with van der Waals surface area (Å²) < 4.78 is 0. The van der Waals surface area contributed by atoms with E-state index in [1.807, 2.05) is 24.3 Å². The van der Waals surface area contributed by atoms with Crippen LogP contribution in [0.2, 0.25) is 0 Å². The Morgan fingerprint density at radius 3 is 2.79 bits per heavy atom. The highest BCUT2D eigenvalue weighted by atomic mass is 16.2. The molecule has 0 saturated heterocycles. The van der Waals surface area contributed by atoms with Crippen molar-refractivity contribution < 1.29 is 4.79 Å². The molecule has 0 fully saturated rings. The predicted octanol–water partition coefficient (Wildman–Crippen LogP) is 1.13. The zero-order valence-electron chi connectivity index (χ0n) is 13.1. The number of carbonyl (C=O) groups is 1. The Morgan fingerprint density at radius 1 is 1.21 bits per heavy atom. The minimum Gasteiger partial charge on any atom is -0.368 e. The second-order valence-corrected chi connectivity index (χ2v) is 5.55. The number of carbonyl (C=O) groups excluding carboxylic acids is 1. The molecule has 1 aliphatic rings. The van der Waals surface area contributed by atoms with Crippen molar-refractivity contribution in [2.75, 3.05) is 29.4 Å². The van der Waals surface area contributed by atoms with Gasteiger partial charge in [0, 0.05) is 19.6 Å². The lowest BCUT2D eigenvalue weighted by Crippen LogP contribution is -2.44. The summed E-state index contributed by atoms with van der Waals surface area (Å²) in [5.74, 6) is -0.237. The van der Waals surface area contributed by atoms with Crippen molar-refractivity contribution in [3.63, 3.8) is 0 Å². The molecule has 0 aliphatic carbocycles. The molecule has 1 amide bonds. The van der Waals surface area contributed by atoms with Gasteiger partial charge in [0.1, 0.15) is 11.2 Å². The number of fused-ring (bicyclic) bond motifs is 2. The van der Waals surface area contributed by atoms with Crippen molar-refractivity contribution in [3.8, 4) is 0 Å². The fraction of sp³-hybridized carbons (Fsp3) is 0.250. The minimum absolute atomic E-state index is 0.140. The molecule has 24 heavy (non-hydrogen) atoms. The van der Waals surface area contributed by atoms with Gasteiger partial charge in [-0.05, 0) is 19.1 Å². The van der Waals surface area contributed by atoms with E-state index in [1.165, 1.54) is 6.33 Å². The molecule has 1 aliphatic heterocycles. The maximum absolute atomic E-state index is 13.0. The standard InChI is InChI=1S/C16H16N6O2/c1-2-21-7-8-22(11-6-4-3-5-10(11)21)16(24)14-12-13(19-20-14)15(23)18-9-17-12/h3-6,9H,2,7-8H2,1H3,(H,19,20)(H,17,18,23). The summed E-state index contributed by atoms with van der Waals surface area (Å²) in [6.45, 7) is 4.28. The van der Waals surface area contributed by atoms with Crippen molar-refractivity contribution in [2.24, 2.45) is 0 Å². The van der Waals surface area contributed by atoms with Gasteiger partial charge in [-0.1, -0.05) is 12.1 Å². The van der Waals surface area contributed by atoms with Gasteiger partial charge in [0.25, 0.3) is 11.5 Å². The first-order valence-corrected chi connectivity index (χ1v) is 7.78. The predicted molar refractivity (Wildman–Crippen MR) is 90.5 cm³/mol. The van der Waals surface area contributed by atoms with Crippen molar-refractivity contribution >= 4 is 28.3 Å². The molecule has 0 unspecified atom stereocenters. The van der Waals surface area contributed by atoms with E-state index >= 15 is 0 Å². The van der Waals surface area contributed by atoms with Crippen LogP contribution in [0.3, 0.4) is 0 Å². The van der Waals surface area contributed by atoms with Crippen LogP contribution in [0.25, 0.3) is 11.0 Å². The molecule has 1 aromatic carbocycles. The molecule has 122 valence electrons. The summed E-state index contributed by atoms with van der Waals surface area (Å²) in [5.41, 5.74) is 2.17. The van der Waals surface area contributed by atoms with Gasteiger partial charge in [-0.15, -0.1) is 0 Å². The SMILES string of the molecule is CCN1CCN(C(=O)c2[nH]nc3c(=O)[nH]cnc23)c2ccccc21. The molecule has 0 bridgehead atoms. The molecule has 0 spiro atoms. The number of aromatic nitrogens is 4. The van der Waals surface area contributed by atoms with Crippen LogP contribution in [0.15, 0.2) is 35.4 Å². The smallest absolute Gasteiger partial charge is 0.279 e. The molecular weight excluding hydrogens is 308 g/mol. The first-order chi connectivity index (χ1) is 11.7. The van der Waals surface area contributed by atoms with Gasteiger partial charge in [0.15, 0.2) is 5.52 Å². The Bertz CT molecular complexity index is 976. The topological polar surface area (TPSA) is 98.0 Å². The Balaban J connectivity index is 1.80. The number of nitrogens with one attached hydrogen (secondary N) is 2. The van der Waals surface area contributed by atoms with Crippen LogP contribution in [0.1, 0.15) is 17.4 Å². The molecule has 0 saturated carbocycles.